The number of pyridine rings is 1. The Labute approximate surface area is 176 Å². The van der Waals surface area contributed by atoms with Gasteiger partial charge in [-0.15, -0.1) is 0 Å². The van der Waals surface area contributed by atoms with Gasteiger partial charge in [-0.1, -0.05) is 60.7 Å². The minimum Gasteiger partial charge on any atom is -0.264 e. The summed E-state index contributed by atoms with van der Waals surface area (Å²) < 4.78 is 0. The van der Waals surface area contributed by atoms with E-state index in [1.165, 1.54) is 11.1 Å². The van der Waals surface area contributed by atoms with Crippen LogP contribution in [0.15, 0.2) is 91.3 Å². The van der Waals surface area contributed by atoms with Crippen LogP contribution in [-0.4, -0.2) is 15.0 Å². The van der Waals surface area contributed by atoms with E-state index in [0.29, 0.717) is 0 Å². The Kier molecular flexibility index (Phi) is 4.56. The predicted molar refractivity (Wildman–Crippen MR) is 123 cm³/mol. The van der Waals surface area contributed by atoms with Gasteiger partial charge in [-0.3, -0.25) is 4.98 Å². The van der Waals surface area contributed by atoms with Crippen LogP contribution in [0.25, 0.3) is 44.7 Å². The molecule has 0 saturated heterocycles. The largest absolute Gasteiger partial charge is 0.264 e. The van der Waals surface area contributed by atoms with E-state index in [0.717, 1.165) is 44.7 Å². The lowest BCUT2D eigenvalue weighted by Crippen LogP contribution is -1.97. The zero-order chi connectivity index (χ0) is 20.5. The Bertz CT molecular complexity index is 1330. The van der Waals surface area contributed by atoms with Gasteiger partial charge in [0, 0.05) is 23.5 Å². The number of rotatable bonds is 3. The van der Waals surface area contributed by atoms with Crippen molar-refractivity contribution >= 4 is 11.0 Å². The Balaban J connectivity index is 1.69. The predicted octanol–water partition coefficient (Wildman–Crippen LogP) is 6.64. The summed E-state index contributed by atoms with van der Waals surface area (Å²) in [5.74, 6) is 0. The van der Waals surface area contributed by atoms with Crippen LogP contribution in [-0.2, 0) is 0 Å². The molecule has 0 spiro atoms. The van der Waals surface area contributed by atoms with Crippen LogP contribution in [0.5, 0.6) is 0 Å². The third kappa shape index (κ3) is 3.35. The second kappa shape index (κ2) is 7.53. The number of hydrogen-bond donors (Lipinski definition) is 0. The Hall–Kier alpha value is -3.85. The Morgan fingerprint density at radius 3 is 1.63 bits per heavy atom. The Morgan fingerprint density at radius 1 is 0.533 bits per heavy atom. The van der Waals surface area contributed by atoms with Crippen LogP contribution in [0.1, 0.15) is 11.1 Å². The van der Waals surface area contributed by atoms with Crippen LogP contribution < -0.4 is 0 Å². The zero-order valence-corrected chi connectivity index (χ0v) is 17.0. The molecule has 0 N–H and O–H groups in total. The number of hydrogen-bond acceptors (Lipinski definition) is 3. The number of aromatic nitrogens is 3. The van der Waals surface area contributed by atoms with Gasteiger partial charge < -0.3 is 0 Å². The molecule has 0 aliphatic carbocycles. The van der Waals surface area contributed by atoms with Gasteiger partial charge in [-0.25, -0.2) is 9.97 Å². The summed E-state index contributed by atoms with van der Waals surface area (Å²) in [4.78, 5) is 14.3. The van der Waals surface area contributed by atoms with Crippen molar-refractivity contribution in [1.82, 2.24) is 15.0 Å². The van der Waals surface area contributed by atoms with Crippen molar-refractivity contribution in [3.8, 4) is 33.6 Å². The highest BCUT2D eigenvalue weighted by Crippen LogP contribution is 2.32. The quantitative estimate of drug-likeness (QED) is 0.348. The first kappa shape index (κ1) is 18.2. The number of nitrogens with zero attached hydrogens (tertiary/aromatic N) is 3. The average molecular weight is 387 g/mol. The van der Waals surface area contributed by atoms with Gasteiger partial charge in [-0.2, -0.15) is 0 Å². The van der Waals surface area contributed by atoms with Gasteiger partial charge in [-0.05, 0) is 54.3 Å². The van der Waals surface area contributed by atoms with E-state index in [9.17, 15) is 0 Å². The normalized spacial score (nSPS) is 11.0. The van der Waals surface area contributed by atoms with Crippen LogP contribution in [0.4, 0.5) is 0 Å². The fourth-order valence-electron chi connectivity index (χ4n) is 3.66. The third-order valence-corrected chi connectivity index (χ3v) is 5.48. The van der Waals surface area contributed by atoms with Crippen molar-refractivity contribution in [2.45, 2.75) is 13.8 Å². The molecule has 0 radical (unpaired) electrons. The lowest BCUT2D eigenvalue weighted by molar-refractivity contribution is 1.26. The van der Waals surface area contributed by atoms with E-state index < -0.39 is 0 Å². The van der Waals surface area contributed by atoms with Gasteiger partial charge in [0.2, 0.25) is 0 Å². The van der Waals surface area contributed by atoms with Crippen molar-refractivity contribution in [3.63, 3.8) is 0 Å². The standard InChI is InChI=1S/C27H21N3/c1-18-15-24-25(16-19(18)2)30-27(26(29-24)21-7-4-3-5-8-21)22-12-10-20(11-13-22)23-9-6-14-28-17-23/h3-17H,1-2H3. The summed E-state index contributed by atoms with van der Waals surface area (Å²) in [5, 5.41) is 0. The SMILES string of the molecule is Cc1cc2nc(-c3ccccc3)c(-c3ccc(-c4cccnc4)cc3)nc2cc1C. The molecule has 5 aromatic rings. The molecule has 3 nitrogen and oxygen atoms in total. The van der Waals surface area contributed by atoms with Crippen LogP contribution >= 0.6 is 0 Å². The number of aryl methyl sites for hydroxylation is 2. The van der Waals surface area contributed by atoms with Gasteiger partial charge in [0.25, 0.3) is 0 Å². The topological polar surface area (TPSA) is 38.7 Å². The van der Waals surface area contributed by atoms with E-state index >= 15 is 0 Å². The minimum atomic E-state index is 0.898. The molecule has 3 heteroatoms. The molecular weight excluding hydrogens is 366 g/mol. The fraction of sp³-hybridized carbons (Fsp3) is 0.0741. The molecule has 2 heterocycles. The second-order valence-corrected chi connectivity index (χ2v) is 7.53. The van der Waals surface area contributed by atoms with Gasteiger partial charge >= 0.3 is 0 Å². The summed E-state index contributed by atoms with van der Waals surface area (Å²) in [6, 6.07) is 27.0. The lowest BCUT2D eigenvalue weighted by atomic mass is 10.00. The highest BCUT2D eigenvalue weighted by Gasteiger charge is 2.14. The van der Waals surface area contributed by atoms with Gasteiger partial charge in [0.1, 0.15) is 0 Å². The molecule has 144 valence electrons. The highest BCUT2D eigenvalue weighted by molar-refractivity contribution is 5.87. The molecule has 0 bridgehead atoms. The van der Waals surface area contributed by atoms with E-state index in [2.05, 4.69) is 73.4 Å². The van der Waals surface area contributed by atoms with Crippen molar-refractivity contribution in [2.24, 2.45) is 0 Å². The molecule has 0 atom stereocenters. The van der Waals surface area contributed by atoms with E-state index in [-0.39, 0.29) is 0 Å². The monoisotopic (exact) mass is 387 g/mol. The fourth-order valence-corrected chi connectivity index (χ4v) is 3.66. The van der Waals surface area contributed by atoms with E-state index in [1.807, 2.05) is 30.5 Å². The molecule has 3 aromatic carbocycles. The van der Waals surface area contributed by atoms with E-state index in [1.54, 1.807) is 6.20 Å². The molecule has 5 rings (SSSR count). The average Bonchev–Trinajstić information content (AvgIpc) is 2.80. The maximum atomic E-state index is 5.05. The van der Waals surface area contributed by atoms with Crippen LogP contribution in [0, 0.1) is 13.8 Å². The van der Waals surface area contributed by atoms with Crippen LogP contribution in [0.3, 0.4) is 0 Å². The molecule has 0 aliphatic heterocycles. The molecular formula is C27H21N3. The molecule has 0 aliphatic rings. The van der Waals surface area contributed by atoms with Gasteiger partial charge in [0.15, 0.2) is 0 Å². The van der Waals surface area contributed by atoms with E-state index in [4.69, 9.17) is 9.97 Å². The third-order valence-electron chi connectivity index (χ3n) is 5.48. The zero-order valence-electron chi connectivity index (χ0n) is 17.0. The first-order chi connectivity index (χ1) is 14.7. The van der Waals surface area contributed by atoms with Crippen molar-refractivity contribution in [1.29, 1.82) is 0 Å². The molecule has 30 heavy (non-hydrogen) atoms. The first-order valence-electron chi connectivity index (χ1n) is 10.0. The summed E-state index contributed by atoms with van der Waals surface area (Å²) in [6.45, 7) is 4.23. The maximum absolute atomic E-state index is 5.05. The highest BCUT2D eigenvalue weighted by atomic mass is 14.8. The summed E-state index contributed by atoms with van der Waals surface area (Å²) in [5.41, 5.74) is 10.4. The molecule has 0 amide bonds. The molecule has 2 aromatic heterocycles. The summed E-state index contributed by atoms with van der Waals surface area (Å²) in [6.07, 6.45) is 3.67. The number of fused-ring (bicyclic) bond motifs is 1. The molecule has 0 saturated carbocycles. The van der Waals surface area contributed by atoms with Gasteiger partial charge in [0.05, 0.1) is 22.4 Å². The van der Waals surface area contributed by atoms with Crippen LogP contribution in [0.2, 0.25) is 0 Å². The van der Waals surface area contributed by atoms with Crippen molar-refractivity contribution in [3.05, 3.63) is 102 Å². The number of benzene rings is 3. The minimum absolute atomic E-state index is 0.898. The summed E-state index contributed by atoms with van der Waals surface area (Å²) >= 11 is 0. The molecule has 0 fully saturated rings. The van der Waals surface area contributed by atoms with Crippen molar-refractivity contribution in [2.75, 3.05) is 0 Å². The summed E-state index contributed by atoms with van der Waals surface area (Å²) in [7, 11) is 0. The second-order valence-electron chi connectivity index (χ2n) is 7.53. The molecule has 0 unspecified atom stereocenters. The first-order valence-corrected chi connectivity index (χ1v) is 10.0. The lowest BCUT2D eigenvalue weighted by Gasteiger charge is -2.12. The Morgan fingerprint density at radius 2 is 1.07 bits per heavy atom. The smallest absolute Gasteiger partial charge is 0.0973 e. The van der Waals surface area contributed by atoms with Crippen molar-refractivity contribution < 1.29 is 0 Å². The maximum Gasteiger partial charge on any atom is 0.0973 e.